The standard InChI is InChI=1S/C13H28N2/c1-10(2)7-14-8-13(5)15-9-11(3)6-12(15)4/h10-14H,6-9H2,1-5H3. The first-order chi connectivity index (χ1) is 7.00. The Kier molecular flexibility index (Phi) is 5.07. The molecule has 0 radical (unpaired) electrons. The van der Waals surface area contributed by atoms with E-state index >= 15 is 0 Å². The van der Waals surface area contributed by atoms with Gasteiger partial charge in [-0.1, -0.05) is 20.8 Å². The summed E-state index contributed by atoms with van der Waals surface area (Å²) in [4.78, 5) is 2.65. The lowest BCUT2D eigenvalue weighted by atomic mass is 10.1. The van der Waals surface area contributed by atoms with Crippen LogP contribution < -0.4 is 5.32 Å². The van der Waals surface area contributed by atoms with Crippen LogP contribution in [0.25, 0.3) is 0 Å². The lowest BCUT2D eigenvalue weighted by Crippen LogP contribution is -2.43. The van der Waals surface area contributed by atoms with Gasteiger partial charge in [-0.3, -0.25) is 4.90 Å². The molecule has 2 nitrogen and oxygen atoms in total. The molecule has 3 unspecified atom stereocenters. The molecule has 1 saturated heterocycles. The van der Waals surface area contributed by atoms with Crippen LogP contribution in [0.15, 0.2) is 0 Å². The van der Waals surface area contributed by atoms with Gasteiger partial charge >= 0.3 is 0 Å². The summed E-state index contributed by atoms with van der Waals surface area (Å²) in [6, 6.07) is 1.46. The fourth-order valence-electron chi connectivity index (χ4n) is 2.64. The third kappa shape index (κ3) is 4.12. The molecule has 1 N–H and O–H groups in total. The van der Waals surface area contributed by atoms with Crippen molar-refractivity contribution in [3.63, 3.8) is 0 Å². The van der Waals surface area contributed by atoms with Crippen molar-refractivity contribution in [2.24, 2.45) is 11.8 Å². The summed E-state index contributed by atoms with van der Waals surface area (Å²) in [7, 11) is 0. The maximum Gasteiger partial charge on any atom is 0.0195 e. The SMILES string of the molecule is CC(C)CNCC(C)N1CC(C)CC1C. The van der Waals surface area contributed by atoms with Crippen LogP contribution in [0, 0.1) is 11.8 Å². The Morgan fingerprint density at radius 2 is 1.87 bits per heavy atom. The van der Waals surface area contributed by atoms with Crippen molar-refractivity contribution in [3.8, 4) is 0 Å². The molecule has 0 aromatic carbocycles. The average molecular weight is 212 g/mol. The van der Waals surface area contributed by atoms with Crippen LogP contribution in [0.1, 0.15) is 41.0 Å². The molecule has 1 aliphatic heterocycles. The van der Waals surface area contributed by atoms with Crippen molar-refractivity contribution in [3.05, 3.63) is 0 Å². The summed E-state index contributed by atoms with van der Waals surface area (Å²) in [6.07, 6.45) is 1.37. The van der Waals surface area contributed by atoms with E-state index in [0.29, 0.717) is 6.04 Å². The van der Waals surface area contributed by atoms with Crippen molar-refractivity contribution in [2.45, 2.75) is 53.1 Å². The third-order valence-corrected chi connectivity index (χ3v) is 3.39. The Hall–Kier alpha value is -0.0800. The molecule has 15 heavy (non-hydrogen) atoms. The second-order valence-electron chi connectivity index (χ2n) is 5.79. The summed E-state index contributed by atoms with van der Waals surface area (Å²) in [5.41, 5.74) is 0. The van der Waals surface area contributed by atoms with Crippen LogP contribution in [0.4, 0.5) is 0 Å². The van der Waals surface area contributed by atoms with Crippen molar-refractivity contribution in [2.75, 3.05) is 19.6 Å². The van der Waals surface area contributed by atoms with E-state index in [0.717, 1.165) is 31.0 Å². The molecule has 0 spiro atoms. The molecule has 1 heterocycles. The molecule has 0 aliphatic carbocycles. The molecule has 1 rings (SSSR count). The molecule has 90 valence electrons. The summed E-state index contributed by atoms with van der Waals surface area (Å²) in [5.74, 6) is 1.64. The fraction of sp³-hybridized carbons (Fsp3) is 1.00. The lowest BCUT2D eigenvalue weighted by Gasteiger charge is -2.29. The van der Waals surface area contributed by atoms with E-state index < -0.39 is 0 Å². The van der Waals surface area contributed by atoms with E-state index in [1.165, 1.54) is 13.0 Å². The van der Waals surface area contributed by atoms with Gasteiger partial charge in [-0.25, -0.2) is 0 Å². The molecule has 1 aliphatic rings. The summed E-state index contributed by atoms with van der Waals surface area (Å²) in [6.45, 7) is 15.2. The van der Waals surface area contributed by atoms with Crippen LogP contribution in [0.5, 0.6) is 0 Å². The van der Waals surface area contributed by atoms with Crippen LogP contribution in [0.3, 0.4) is 0 Å². The highest BCUT2D eigenvalue weighted by Crippen LogP contribution is 2.24. The van der Waals surface area contributed by atoms with E-state index in [-0.39, 0.29) is 0 Å². The minimum atomic E-state index is 0.684. The second kappa shape index (κ2) is 5.86. The lowest BCUT2D eigenvalue weighted by molar-refractivity contribution is 0.194. The molecular formula is C13H28N2. The van der Waals surface area contributed by atoms with E-state index in [4.69, 9.17) is 0 Å². The highest BCUT2D eigenvalue weighted by atomic mass is 15.2. The van der Waals surface area contributed by atoms with Crippen molar-refractivity contribution in [1.82, 2.24) is 10.2 Å². The topological polar surface area (TPSA) is 15.3 Å². The van der Waals surface area contributed by atoms with Gasteiger partial charge in [0, 0.05) is 25.2 Å². The maximum absolute atomic E-state index is 3.56. The Labute approximate surface area is 95.4 Å². The van der Waals surface area contributed by atoms with Crippen LogP contribution >= 0.6 is 0 Å². The van der Waals surface area contributed by atoms with Crippen molar-refractivity contribution >= 4 is 0 Å². The van der Waals surface area contributed by atoms with Crippen LogP contribution in [0.2, 0.25) is 0 Å². The molecule has 0 aromatic heterocycles. The molecular weight excluding hydrogens is 184 g/mol. The zero-order valence-electron chi connectivity index (χ0n) is 11.1. The Bertz CT molecular complexity index is 179. The summed E-state index contributed by atoms with van der Waals surface area (Å²) in [5, 5.41) is 3.56. The Balaban J connectivity index is 2.24. The number of nitrogens with zero attached hydrogens (tertiary/aromatic N) is 1. The normalized spacial score (nSPS) is 30.0. The van der Waals surface area contributed by atoms with Gasteiger partial charge in [0.05, 0.1) is 0 Å². The molecule has 2 heteroatoms. The van der Waals surface area contributed by atoms with Gasteiger partial charge in [0.1, 0.15) is 0 Å². The zero-order valence-corrected chi connectivity index (χ0v) is 11.1. The number of nitrogens with one attached hydrogen (secondary N) is 1. The second-order valence-corrected chi connectivity index (χ2v) is 5.79. The van der Waals surface area contributed by atoms with E-state index in [2.05, 4.69) is 44.8 Å². The number of hydrogen-bond donors (Lipinski definition) is 1. The van der Waals surface area contributed by atoms with Gasteiger partial charge in [0.25, 0.3) is 0 Å². The molecule has 0 saturated carbocycles. The van der Waals surface area contributed by atoms with Crippen molar-refractivity contribution in [1.29, 1.82) is 0 Å². The van der Waals surface area contributed by atoms with Gasteiger partial charge in [-0.15, -0.1) is 0 Å². The van der Waals surface area contributed by atoms with E-state index in [9.17, 15) is 0 Å². The number of likely N-dealkylation sites (tertiary alicyclic amines) is 1. The van der Waals surface area contributed by atoms with Gasteiger partial charge < -0.3 is 5.32 Å². The van der Waals surface area contributed by atoms with E-state index in [1.807, 2.05) is 0 Å². The average Bonchev–Trinajstić information content (AvgIpc) is 2.44. The molecule has 0 bridgehead atoms. The predicted octanol–water partition coefficient (Wildman–Crippen LogP) is 2.35. The molecule has 0 amide bonds. The van der Waals surface area contributed by atoms with Gasteiger partial charge in [0.2, 0.25) is 0 Å². The Morgan fingerprint density at radius 1 is 1.20 bits per heavy atom. The van der Waals surface area contributed by atoms with Gasteiger partial charge in [-0.05, 0) is 38.6 Å². The molecule has 0 aromatic rings. The smallest absolute Gasteiger partial charge is 0.0195 e. The maximum atomic E-state index is 3.56. The highest BCUT2D eigenvalue weighted by molar-refractivity contribution is 4.84. The first-order valence-electron chi connectivity index (χ1n) is 6.47. The summed E-state index contributed by atoms with van der Waals surface area (Å²) < 4.78 is 0. The monoisotopic (exact) mass is 212 g/mol. The summed E-state index contributed by atoms with van der Waals surface area (Å²) >= 11 is 0. The zero-order chi connectivity index (χ0) is 11.4. The fourth-order valence-corrected chi connectivity index (χ4v) is 2.64. The minimum absolute atomic E-state index is 0.684. The van der Waals surface area contributed by atoms with Crippen LogP contribution in [-0.4, -0.2) is 36.6 Å². The molecule has 1 fully saturated rings. The quantitative estimate of drug-likeness (QED) is 0.752. The van der Waals surface area contributed by atoms with Crippen LogP contribution in [-0.2, 0) is 0 Å². The highest BCUT2D eigenvalue weighted by Gasteiger charge is 2.29. The Morgan fingerprint density at radius 3 is 2.33 bits per heavy atom. The van der Waals surface area contributed by atoms with Crippen molar-refractivity contribution < 1.29 is 0 Å². The first-order valence-corrected chi connectivity index (χ1v) is 6.47. The largest absolute Gasteiger partial charge is 0.315 e. The number of rotatable bonds is 5. The number of hydrogen-bond acceptors (Lipinski definition) is 2. The minimum Gasteiger partial charge on any atom is -0.315 e. The first kappa shape index (κ1) is 13.0. The predicted molar refractivity (Wildman–Crippen MR) is 67.1 cm³/mol. The van der Waals surface area contributed by atoms with Gasteiger partial charge in [-0.2, -0.15) is 0 Å². The van der Waals surface area contributed by atoms with E-state index in [1.54, 1.807) is 0 Å². The molecule has 3 atom stereocenters. The van der Waals surface area contributed by atoms with Gasteiger partial charge in [0.15, 0.2) is 0 Å². The third-order valence-electron chi connectivity index (χ3n) is 3.39.